The molecule has 1 amide bonds. The third-order valence-corrected chi connectivity index (χ3v) is 8.04. The third-order valence-electron chi connectivity index (χ3n) is 8.04. The number of nitrogens with zero attached hydrogens (tertiary/aromatic N) is 3. The summed E-state index contributed by atoms with van der Waals surface area (Å²) in [6, 6.07) is 4.36. The highest BCUT2D eigenvalue weighted by Crippen LogP contribution is 2.40. The van der Waals surface area contributed by atoms with E-state index in [1.807, 2.05) is 6.07 Å². The predicted molar refractivity (Wildman–Crippen MR) is 126 cm³/mol. The zero-order chi connectivity index (χ0) is 26.8. The number of hydrogen-bond donors (Lipinski definition) is 0. The summed E-state index contributed by atoms with van der Waals surface area (Å²) < 4.78 is 84.0. The van der Waals surface area contributed by atoms with Crippen molar-refractivity contribution in [3.8, 4) is 0 Å². The quantitative estimate of drug-likeness (QED) is 0.420. The lowest BCUT2D eigenvalue weighted by Crippen LogP contribution is -2.53. The van der Waals surface area contributed by atoms with E-state index in [0.29, 0.717) is 37.1 Å². The molecule has 0 N–H and O–H groups in total. The van der Waals surface area contributed by atoms with Gasteiger partial charge in [0.05, 0.1) is 5.56 Å². The van der Waals surface area contributed by atoms with Gasteiger partial charge in [-0.2, -0.15) is 26.3 Å². The maximum Gasteiger partial charge on any atom is 0.425 e. The molecule has 3 saturated heterocycles. The topological polar surface area (TPSA) is 36.0 Å². The van der Waals surface area contributed by atoms with Crippen LogP contribution >= 0.6 is 0 Å². The second-order valence-electron chi connectivity index (χ2n) is 10.7. The van der Waals surface area contributed by atoms with Crippen molar-refractivity contribution in [2.24, 2.45) is 0 Å². The van der Waals surface area contributed by atoms with Crippen molar-refractivity contribution < 1.29 is 35.9 Å². The van der Waals surface area contributed by atoms with E-state index in [4.69, 9.17) is 0 Å². The maximum atomic E-state index is 13.7. The van der Waals surface area contributed by atoms with E-state index in [0.717, 1.165) is 58.7 Å². The van der Waals surface area contributed by atoms with Crippen LogP contribution in [-0.4, -0.2) is 71.3 Å². The molecule has 0 aromatic heterocycles. The van der Waals surface area contributed by atoms with Crippen molar-refractivity contribution >= 4 is 6.09 Å². The summed E-state index contributed by atoms with van der Waals surface area (Å²) in [5, 5.41) is 0. The summed E-state index contributed by atoms with van der Waals surface area (Å²) in [6.07, 6.45) is -6.14. The first kappa shape index (κ1) is 28.0. The Morgan fingerprint density at radius 3 is 2.08 bits per heavy atom. The molecule has 0 radical (unpaired) electrons. The summed E-state index contributed by atoms with van der Waals surface area (Å²) >= 11 is 0. The Balaban J connectivity index is 1.44. The minimum atomic E-state index is -4.62. The lowest BCUT2D eigenvalue weighted by molar-refractivity contribution is -0.200. The van der Waals surface area contributed by atoms with Gasteiger partial charge in [0.2, 0.25) is 0 Å². The molecule has 37 heavy (non-hydrogen) atoms. The van der Waals surface area contributed by atoms with E-state index < -0.39 is 30.1 Å². The van der Waals surface area contributed by atoms with Gasteiger partial charge >= 0.3 is 18.4 Å². The zero-order valence-corrected chi connectivity index (χ0v) is 21.1. The Morgan fingerprint density at radius 1 is 0.865 bits per heavy atom. The van der Waals surface area contributed by atoms with Crippen LogP contribution in [-0.2, 0) is 24.0 Å². The first-order chi connectivity index (χ1) is 17.4. The molecule has 1 atom stereocenters. The fourth-order valence-corrected chi connectivity index (χ4v) is 5.91. The van der Waals surface area contributed by atoms with Crippen LogP contribution in [0.1, 0.15) is 68.6 Å². The highest BCUT2D eigenvalue weighted by atomic mass is 19.4. The average Bonchev–Trinajstić information content (AvgIpc) is 3.20. The van der Waals surface area contributed by atoms with Gasteiger partial charge in [-0.3, -0.25) is 9.80 Å². The smallest absolute Gasteiger partial charge is 0.425 e. The lowest BCUT2D eigenvalue weighted by atomic mass is 9.84. The van der Waals surface area contributed by atoms with Crippen LogP contribution in [0.3, 0.4) is 0 Å². The molecule has 1 aromatic carbocycles. The Morgan fingerprint density at radius 2 is 1.49 bits per heavy atom. The van der Waals surface area contributed by atoms with E-state index in [9.17, 15) is 31.1 Å². The van der Waals surface area contributed by atoms with Crippen molar-refractivity contribution in [3.63, 3.8) is 0 Å². The maximum absolute atomic E-state index is 13.7. The van der Waals surface area contributed by atoms with Gasteiger partial charge in [-0.1, -0.05) is 12.5 Å². The van der Waals surface area contributed by atoms with Gasteiger partial charge in [0.25, 0.3) is 0 Å². The van der Waals surface area contributed by atoms with Gasteiger partial charge in [-0.05, 0) is 88.3 Å². The average molecular weight is 536 g/mol. The molecule has 208 valence electrons. The normalized spacial score (nSPS) is 22.4. The fourth-order valence-electron chi connectivity index (χ4n) is 5.91. The molecule has 4 rings (SSSR count). The Hall–Kier alpha value is -2.01. The molecule has 3 fully saturated rings. The van der Waals surface area contributed by atoms with Crippen LogP contribution < -0.4 is 0 Å². The van der Waals surface area contributed by atoms with E-state index >= 15 is 0 Å². The van der Waals surface area contributed by atoms with E-state index in [2.05, 4.69) is 14.5 Å². The molecule has 3 heterocycles. The molecule has 0 saturated carbocycles. The molecule has 11 heteroatoms. The van der Waals surface area contributed by atoms with Gasteiger partial charge in [0.15, 0.2) is 6.10 Å². The second kappa shape index (κ2) is 11.0. The second-order valence-corrected chi connectivity index (χ2v) is 10.7. The van der Waals surface area contributed by atoms with Crippen LogP contribution in [0.5, 0.6) is 0 Å². The summed E-state index contributed by atoms with van der Waals surface area (Å²) in [5.41, 5.74) is 0.357. The monoisotopic (exact) mass is 535 g/mol. The minimum Gasteiger partial charge on any atom is -0.437 e. The minimum absolute atomic E-state index is 0.253. The van der Waals surface area contributed by atoms with E-state index in [-0.39, 0.29) is 18.6 Å². The van der Waals surface area contributed by atoms with Crippen LogP contribution in [0, 0.1) is 0 Å². The number of halogens is 6. The molecule has 1 unspecified atom stereocenters. The van der Waals surface area contributed by atoms with Crippen molar-refractivity contribution in [1.29, 1.82) is 0 Å². The highest BCUT2D eigenvalue weighted by Gasteiger charge is 2.45. The SMILES string of the molecule is CC(OC(=O)N1CCC2(CCCN2Cc2cc(CN3CCCCC3)cc(C(F)(F)F)c2)CC1)C(F)(F)F. The number of hydrogen-bond acceptors (Lipinski definition) is 4. The number of carbonyl (C=O) groups excluding carboxylic acids is 1. The van der Waals surface area contributed by atoms with E-state index in [1.54, 1.807) is 0 Å². The highest BCUT2D eigenvalue weighted by molar-refractivity contribution is 5.68. The fraction of sp³-hybridized carbons (Fsp3) is 0.731. The largest absolute Gasteiger partial charge is 0.437 e. The molecule has 5 nitrogen and oxygen atoms in total. The Bertz CT molecular complexity index is 937. The summed E-state index contributed by atoms with van der Waals surface area (Å²) in [7, 11) is 0. The Labute approximate surface area is 213 Å². The molecule has 0 aliphatic carbocycles. The van der Waals surface area contributed by atoms with Gasteiger partial charge in [0.1, 0.15) is 0 Å². The van der Waals surface area contributed by atoms with Crippen LogP contribution in [0.25, 0.3) is 0 Å². The van der Waals surface area contributed by atoms with Crippen molar-refractivity contribution in [3.05, 3.63) is 34.9 Å². The van der Waals surface area contributed by atoms with Crippen LogP contribution in [0.15, 0.2) is 18.2 Å². The molecule has 3 aliphatic heterocycles. The number of carbonyl (C=O) groups is 1. The molecular formula is C26H35F6N3O2. The van der Waals surface area contributed by atoms with Crippen molar-refractivity contribution in [1.82, 2.24) is 14.7 Å². The van der Waals surface area contributed by atoms with Crippen LogP contribution in [0.4, 0.5) is 31.1 Å². The number of amides is 1. The summed E-state index contributed by atoms with van der Waals surface area (Å²) in [4.78, 5) is 17.9. The summed E-state index contributed by atoms with van der Waals surface area (Å²) in [5.74, 6) is 0. The summed E-state index contributed by atoms with van der Waals surface area (Å²) in [6.45, 7) is 4.68. The number of alkyl halides is 6. The number of rotatable bonds is 5. The predicted octanol–water partition coefficient (Wildman–Crippen LogP) is 6.21. The van der Waals surface area contributed by atoms with E-state index in [1.165, 1.54) is 17.0 Å². The molecule has 1 aromatic rings. The number of likely N-dealkylation sites (tertiary alicyclic amines) is 3. The van der Waals surface area contributed by atoms with Crippen LogP contribution in [0.2, 0.25) is 0 Å². The van der Waals surface area contributed by atoms with Gasteiger partial charge in [-0.15, -0.1) is 0 Å². The third kappa shape index (κ3) is 6.90. The number of benzene rings is 1. The number of piperidine rings is 2. The molecule has 0 bridgehead atoms. The van der Waals surface area contributed by atoms with Gasteiger partial charge in [-0.25, -0.2) is 4.79 Å². The zero-order valence-electron chi connectivity index (χ0n) is 21.1. The Kier molecular flexibility index (Phi) is 8.33. The molecule has 3 aliphatic rings. The number of ether oxygens (including phenoxy) is 1. The lowest BCUT2D eigenvalue weighted by Gasteiger charge is -2.45. The van der Waals surface area contributed by atoms with Gasteiger partial charge < -0.3 is 9.64 Å². The van der Waals surface area contributed by atoms with Crippen molar-refractivity contribution in [2.45, 2.75) is 89.0 Å². The molecule has 1 spiro atoms. The first-order valence-electron chi connectivity index (χ1n) is 13.1. The van der Waals surface area contributed by atoms with Crippen molar-refractivity contribution in [2.75, 3.05) is 32.7 Å². The standard InChI is InChI=1S/C26H35F6N3O2/c1-19(25(27,28)29)37-23(36)34-12-7-24(8-13-34)6-5-11-35(24)18-21-14-20(15-22(16-21)26(30,31)32)17-33-9-3-2-4-10-33/h14-16,19H,2-13,17-18H2,1H3. The first-order valence-corrected chi connectivity index (χ1v) is 13.1. The molecular weight excluding hydrogens is 500 g/mol. The van der Waals surface area contributed by atoms with Gasteiger partial charge in [0, 0.05) is 31.7 Å².